The maximum absolute atomic E-state index is 5.53. The topological polar surface area (TPSA) is 34.1 Å². The highest BCUT2D eigenvalue weighted by molar-refractivity contribution is 7.09. The summed E-state index contributed by atoms with van der Waals surface area (Å²) in [6, 6.07) is 0.671. The zero-order valence-corrected chi connectivity index (χ0v) is 10.8. The number of nitrogens with one attached hydrogen (secondary N) is 1. The zero-order chi connectivity index (χ0) is 11.4. The summed E-state index contributed by atoms with van der Waals surface area (Å²) in [5, 5.41) is 3.57. The predicted octanol–water partition coefficient (Wildman–Crippen LogP) is 2.15. The van der Waals surface area contributed by atoms with Gasteiger partial charge in [-0.2, -0.15) is 0 Å². The van der Waals surface area contributed by atoms with Crippen LogP contribution in [0.2, 0.25) is 0 Å². The average molecular weight is 240 g/mol. The molecule has 0 bridgehead atoms. The Morgan fingerprint density at radius 2 is 2.38 bits per heavy atom. The van der Waals surface area contributed by atoms with Crippen LogP contribution < -0.4 is 5.32 Å². The van der Waals surface area contributed by atoms with Crippen LogP contribution in [0, 0.1) is 6.92 Å². The van der Waals surface area contributed by atoms with Crippen molar-refractivity contribution in [3.05, 3.63) is 16.1 Å². The first-order valence-electron chi connectivity index (χ1n) is 6.03. The molecule has 1 aromatic heterocycles. The standard InChI is InChI=1S/C12H20N2OS/c1-3-15-11-6-10(7-11)13-5-4-12-9(2)14-8-16-12/h8,10-11,13H,3-7H2,1-2H3. The second kappa shape index (κ2) is 5.75. The molecule has 90 valence electrons. The smallest absolute Gasteiger partial charge is 0.0797 e. The molecule has 1 fully saturated rings. The highest BCUT2D eigenvalue weighted by Gasteiger charge is 2.28. The number of nitrogens with zero attached hydrogens (tertiary/aromatic N) is 1. The fourth-order valence-electron chi connectivity index (χ4n) is 2.06. The number of ether oxygens (including phenoxy) is 1. The van der Waals surface area contributed by atoms with Crippen LogP contribution in [0.15, 0.2) is 5.51 Å². The van der Waals surface area contributed by atoms with Gasteiger partial charge < -0.3 is 10.1 Å². The molecule has 4 heteroatoms. The Bertz CT molecular complexity index is 321. The first-order valence-corrected chi connectivity index (χ1v) is 6.91. The molecule has 1 saturated carbocycles. The third-order valence-electron chi connectivity index (χ3n) is 3.13. The summed E-state index contributed by atoms with van der Waals surface area (Å²) in [5.74, 6) is 0. The SMILES string of the molecule is CCOC1CC(NCCc2scnc2C)C1. The lowest BCUT2D eigenvalue weighted by Crippen LogP contribution is -2.46. The van der Waals surface area contributed by atoms with E-state index >= 15 is 0 Å². The molecule has 1 aliphatic carbocycles. The van der Waals surface area contributed by atoms with Gasteiger partial charge in [-0.3, -0.25) is 0 Å². The van der Waals surface area contributed by atoms with Gasteiger partial charge in [0.1, 0.15) is 0 Å². The Balaban J connectivity index is 1.58. The van der Waals surface area contributed by atoms with Gasteiger partial charge in [-0.15, -0.1) is 11.3 Å². The predicted molar refractivity (Wildman–Crippen MR) is 67.0 cm³/mol. The third-order valence-corrected chi connectivity index (χ3v) is 4.12. The number of thiazole rings is 1. The molecule has 0 aromatic carbocycles. The molecule has 0 unspecified atom stereocenters. The van der Waals surface area contributed by atoms with Gasteiger partial charge >= 0.3 is 0 Å². The van der Waals surface area contributed by atoms with Crippen molar-refractivity contribution in [1.29, 1.82) is 0 Å². The van der Waals surface area contributed by atoms with E-state index in [4.69, 9.17) is 4.74 Å². The Hall–Kier alpha value is -0.450. The fraction of sp³-hybridized carbons (Fsp3) is 0.750. The molecule has 1 heterocycles. The van der Waals surface area contributed by atoms with E-state index in [0.29, 0.717) is 12.1 Å². The van der Waals surface area contributed by atoms with Crippen molar-refractivity contribution in [3.63, 3.8) is 0 Å². The van der Waals surface area contributed by atoms with Crippen LogP contribution >= 0.6 is 11.3 Å². The molecule has 1 aliphatic rings. The van der Waals surface area contributed by atoms with E-state index < -0.39 is 0 Å². The largest absolute Gasteiger partial charge is 0.378 e. The van der Waals surface area contributed by atoms with E-state index in [0.717, 1.165) is 19.6 Å². The van der Waals surface area contributed by atoms with E-state index in [1.54, 1.807) is 11.3 Å². The molecule has 0 amide bonds. The van der Waals surface area contributed by atoms with Crippen LogP contribution in [-0.2, 0) is 11.2 Å². The van der Waals surface area contributed by atoms with E-state index in [-0.39, 0.29) is 0 Å². The first kappa shape index (κ1) is 12.0. The fourth-order valence-corrected chi connectivity index (χ4v) is 2.84. The minimum absolute atomic E-state index is 0.507. The molecule has 16 heavy (non-hydrogen) atoms. The lowest BCUT2D eigenvalue weighted by Gasteiger charge is -2.35. The van der Waals surface area contributed by atoms with Crippen molar-refractivity contribution in [2.75, 3.05) is 13.2 Å². The summed E-state index contributed by atoms with van der Waals surface area (Å²) in [5.41, 5.74) is 3.12. The second-order valence-corrected chi connectivity index (χ2v) is 5.25. The molecular weight excluding hydrogens is 220 g/mol. The first-order chi connectivity index (χ1) is 7.79. The Kier molecular flexibility index (Phi) is 4.32. The number of hydrogen-bond acceptors (Lipinski definition) is 4. The monoisotopic (exact) mass is 240 g/mol. The maximum atomic E-state index is 5.53. The van der Waals surface area contributed by atoms with Crippen molar-refractivity contribution < 1.29 is 4.74 Å². The van der Waals surface area contributed by atoms with E-state index in [1.807, 2.05) is 5.51 Å². The molecule has 0 atom stereocenters. The average Bonchev–Trinajstić information content (AvgIpc) is 2.60. The lowest BCUT2D eigenvalue weighted by atomic mass is 9.89. The second-order valence-electron chi connectivity index (χ2n) is 4.31. The molecule has 0 saturated heterocycles. The van der Waals surface area contributed by atoms with Crippen molar-refractivity contribution >= 4 is 11.3 Å². The summed E-state index contributed by atoms with van der Waals surface area (Å²) in [6.07, 6.45) is 3.96. The summed E-state index contributed by atoms with van der Waals surface area (Å²) in [7, 11) is 0. The quantitative estimate of drug-likeness (QED) is 0.827. The van der Waals surface area contributed by atoms with Gasteiger partial charge in [0.2, 0.25) is 0 Å². The van der Waals surface area contributed by atoms with Crippen LogP contribution in [0.4, 0.5) is 0 Å². The molecular formula is C12H20N2OS. The van der Waals surface area contributed by atoms with Crippen molar-refractivity contribution in [2.24, 2.45) is 0 Å². The Labute approximate surface area is 101 Å². The van der Waals surface area contributed by atoms with Gasteiger partial charge in [-0.25, -0.2) is 4.98 Å². The molecule has 0 radical (unpaired) electrons. The van der Waals surface area contributed by atoms with Crippen LogP contribution in [0.3, 0.4) is 0 Å². The highest BCUT2D eigenvalue weighted by Crippen LogP contribution is 2.23. The van der Waals surface area contributed by atoms with E-state index in [2.05, 4.69) is 24.1 Å². The molecule has 2 rings (SSSR count). The lowest BCUT2D eigenvalue weighted by molar-refractivity contribution is -0.00959. The van der Waals surface area contributed by atoms with E-state index in [9.17, 15) is 0 Å². The van der Waals surface area contributed by atoms with Crippen LogP contribution in [-0.4, -0.2) is 30.3 Å². The zero-order valence-electron chi connectivity index (χ0n) is 10.0. The summed E-state index contributed by atoms with van der Waals surface area (Å²) in [4.78, 5) is 5.67. The van der Waals surface area contributed by atoms with Crippen molar-refractivity contribution in [3.8, 4) is 0 Å². The summed E-state index contributed by atoms with van der Waals surface area (Å²) >= 11 is 1.76. The minimum atomic E-state index is 0.507. The minimum Gasteiger partial charge on any atom is -0.378 e. The van der Waals surface area contributed by atoms with Gasteiger partial charge in [0.05, 0.1) is 17.3 Å². The van der Waals surface area contributed by atoms with Crippen molar-refractivity contribution in [1.82, 2.24) is 10.3 Å². The highest BCUT2D eigenvalue weighted by atomic mass is 32.1. The van der Waals surface area contributed by atoms with Crippen LogP contribution in [0.5, 0.6) is 0 Å². The molecule has 1 aromatic rings. The molecule has 3 nitrogen and oxygen atoms in total. The van der Waals surface area contributed by atoms with Gasteiger partial charge in [0, 0.05) is 24.1 Å². The number of aromatic nitrogens is 1. The van der Waals surface area contributed by atoms with Gasteiger partial charge in [-0.05, 0) is 33.1 Å². The summed E-state index contributed by atoms with van der Waals surface area (Å²) < 4.78 is 5.53. The number of aryl methyl sites for hydroxylation is 1. The summed E-state index contributed by atoms with van der Waals surface area (Å²) in [6.45, 7) is 6.05. The Morgan fingerprint density at radius 3 is 3.00 bits per heavy atom. The van der Waals surface area contributed by atoms with Gasteiger partial charge in [0.25, 0.3) is 0 Å². The third kappa shape index (κ3) is 3.03. The molecule has 0 spiro atoms. The maximum Gasteiger partial charge on any atom is 0.0797 e. The normalized spacial score (nSPS) is 24.4. The number of hydrogen-bond donors (Lipinski definition) is 1. The number of rotatable bonds is 6. The van der Waals surface area contributed by atoms with Gasteiger partial charge in [-0.1, -0.05) is 0 Å². The van der Waals surface area contributed by atoms with Crippen LogP contribution in [0.1, 0.15) is 30.3 Å². The van der Waals surface area contributed by atoms with Gasteiger partial charge in [0.15, 0.2) is 0 Å². The van der Waals surface area contributed by atoms with Crippen LogP contribution in [0.25, 0.3) is 0 Å². The molecule has 1 N–H and O–H groups in total. The van der Waals surface area contributed by atoms with E-state index in [1.165, 1.54) is 23.4 Å². The Morgan fingerprint density at radius 1 is 1.56 bits per heavy atom. The molecule has 0 aliphatic heterocycles. The van der Waals surface area contributed by atoms with Crippen molar-refractivity contribution in [2.45, 2.75) is 45.3 Å².